The molecule has 0 amide bonds. The van der Waals surface area contributed by atoms with E-state index in [0.717, 1.165) is 32.1 Å². The third kappa shape index (κ3) is 8.27. The zero-order valence-corrected chi connectivity index (χ0v) is 27.2. The average Bonchev–Trinajstić information content (AvgIpc) is 3.87. The van der Waals surface area contributed by atoms with E-state index in [9.17, 15) is 9.11 Å². The van der Waals surface area contributed by atoms with E-state index in [1.54, 1.807) is 0 Å². The molecule has 2 saturated carbocycles. The van der Waals surface area contributed by atoms with Gasteiger partial charge >= 0.3 is 0 Å². The first-order chi connectivity index (χ1) is 19.5. The molecule has 0 bridgehead atoms. The monoisotopic (exact) mass is 602 g/mol. The van der Waals surface area contributed by atoms with Crippen molar-refractivity contribution in [3.05, 3.63) is 60.1 Å². The second-order valence-corrected chi connectivity index (χ2v) is 18.1. The molecule has 0 aromatic heterocycles. The van der Waals surface area contributed by atoms with Gasteiger partial charge in [0.2, 0.25) is 0 Å². The largest absolute Gasteiger partial charge is 0.598 e. The Bertz CT molecular complexity index is 1050. The SMILES string of the molecule is CC(C)(C)[S+]([O-])NC(C1CC1)C1CCC(CC(C)(C)[S+]([O-])N(Cc2ccccc2)C(C2CC2)C2CCC=CO2)=CO1. The van der Waals surface area contributed by atoms with Crippen LogP contribution in [0.25, 0.3) is 0 Å². The zero-order valence-electron chi connectivity index (χ0n) is 25.6. The van der Waals surface area contributed by atoms with Crippen LogP contribution in [0.4, 0.5) is 0 Å². The molecule has 41 heavy (non-hydrogen) atoms. The van der Waals surface area contributed by atoms with E-state index in [-0.39, 0.29) is 29.0 Å². The quantitative estimate of drug-likeness (QED) is 0.254. The number of rotatable bonds is 13. The van der Waals surface area contributed by atoms with Gasteiger partial charge in [-0.2, -0.15) is 0 Å². The van der Waals surface area contributed by atoms with Gasteiger partial charge in [-0.15, -0.1) is 9.03 Å². The Morgan fingerprint density at radius 2 is 1.63 bits per heavy atom. The van der Waals surface area contributed by atoms with Crippen molar-refractivity contribution in [3.63, 3.8) is 0 Å². The van der Waals surface area contributed by atoms with Gasteiger partial charge < -0.3 is 18.6 Å². The maximum Gasteiger partial charge on any atom is 0.143 e. The third-order valence-corrected chi connectivity index (χ3v) is 12.3. The van der Waals surface area contributed by atoms with Crippen LogP contribution in [0.5, 0.6) is 0 Å². The number of ether oxygens (including phenoxy) is 2. The predicted molar refractivity (Wildman–Crippen MR) is 168 cm³/mol. The van der Waals surface area contributed by atoms with Gasteiger partial charge in [-0.1, -0.05) is 30.3 Å². The highest BCUT2D eigenvalue weighted by Gasteiger charge is 2.50. The Morgan fingerprint density at radius 3 is 2.20 bits per heavy atom. The van der Waals surface area contributed by atoms with Crippen LogP contribution in [0.3, 0.4) is 0 Å². The van der Waals surface area contributed by atoms with Crippen molar-refractivity contribution in [1.82, 2.24) is 9.03 Å². The first kappa shape index (κ1) is 31.3. The summed E-state index contributed by atoms with van der Waals surface area (Å²) < 4.78 is 44.9. The summed E-state index contributed by atoms with van der Waals surface area (Å²) in [6.07, 6.45) is 15.2. The fourth-order valence-electron chi connectivity index (χ4n) is 6.19. The average molecular weight is 603 g/mol. The minimum atomic E-state index is -1.24. The Balaban J connectivity index is 1.29. The van der Waals surface area contributed by atoms with Crippen LogP contribution in [0, 0.1) is 11.8 Å². The Hall–Kier alpha value is -1.16. The van der Waals surface area contributed by atoms with Crippen LogP contribution in [0.1, 0.15) is 98.0 Å². The lowest BCUT2D eigenvalue weighted by atomic mass is 9.93. The highest BCUT2D eigenvalue weighted by molar-refractivity contribution is 7.91. The molecule has 228 valence electrons. The number of hydrogen-bond donors (Lipinski definition) is 1. The van der Waals surface area contributed by atoms with Crippen LogP contribution in [0.2, 0.25) is 0 Å². The van der Waals surface area contributed by atoms with E-state index in [1.165, 1.54) is 36.8 Å². The first-order valence-corrected chi connectivity index (χ1v) is 17.8. The van der Waals surface area contributed by atoms with Gasteiger partial charge in [0.1, 0.15) is 21.7 Å². The van der Waals surface area contributed by atoms with Crippen LogP contribution < -0.4 is 4.72 Å². The second kappa shape index (κ2) is 13.2. The lowest BCUT2D eigenvalue weighted by Crippen LogP contribution is -2.54. The van der Waals surface area contributed by atoms with E-state index in [1.807, 2.05) is 39.4 Å². The summed E-state index contributed by atoms with van der Waals surface area (Å²) in [5, 5.41) is 0. The maximum atomic E-state index is 14.6. The summed E-state index contributed by atoms with van der Waals surface area (Å²) in [4.78, 5) is 0. The maximum absolute atomic E-state index is 14.6. The number of benzene rings is 1. The molecule has 2 aliphatic carbocycles. The summed E-state index contributed by atoms with van der Waals surface area (Å²) in [7, 11) is 0. The first-order valence-electron chi connectivity index (χ1n) is 15.6. The van der Waals surface area contributed by atoms with Gasteiger partial charge in [0, 0.05) is 29.1 Å². The van der Waals surface area contributed by atoms with Crippen molar-refractivity contribution < 1.29 is 18.6 Å². The normalized spacial score (nSPS) is 26.5. The predicted octanol–water partition coefficient (Wildman–Crippen LogP) is 6.69. The third-order valence-electron chi connectivity index (χ3n) is 8.79. The van der Waals surface area contributed by atoms with E-state index in [0.29, 0.717) is 18.4 Å². The molecule has 2 aliphatic heterocycles. The molecule has 1 N–H and O–H groups in total. The molecule has 4 aliphatic rings. The molecule has 0 radical (unpaired) electrons. The number of nitrogens with one attached hydrogen (secondary N) is 1. The topological polar surface area (TPSA) is 79.8 Å². The number of nitrogens with zero attached hydrogens (tertiary/aromatic N) is 1. The van der Waals surface area contributed by atoms with Crippen molar-refractivity contribution in [2.75, 3.05) is 0 Å². The van der Waals surface area contributed by atoms with E-state index >= 15 is 0 Å². The molecule has 6 unspecified atom stereocenters. The highest BCUT2D eigenvalue weighted by Crippen LogP contribution is 2.44. The van der Waals surface area contributed by atoms with Crippen molar-refractivity contribution in [2.45, 2.75) is 133 Å². The lowest BCUT2D eigenvalue weighted by molar-refractivity contribution is 0.0435. The molecule has 5 rings (SSSR count). The second-order valence-electron chi connectivity index (χ2n) is 14.0. The minimum Gasteiger partial charge on any atom is -0.598 e. The van der Waals surface area contributed by atoms with Crippen LogP contribution >= 0.6 is 0 Å². The van der Waals surface area contributed by atoms with E-state index in [4.69, 9.17) is 9.47 Å². The molecular formula is C33H50N2O4S2. The van der Waals surface area contributed by atoms with Crippen LogP contribution in [0.15, 0.2) is 54.5 Å². The Labute approximate surface area is 254 Å². The van der Waals surface area contributed by atoms with Crippen molar-refractivity contribution in [2.24, 2.45) is 11.8 Å². The van der Waals surface area contributed by atoms with Gasteiger partial charge in [0.25, 0.3) is 0 Å². The molecule has 6 nitrogen and oxygen atoms in total. The Morgan fingerprint density at radius 1 is 0.927 bits per heavy atom. The molecule has 0 spiro atoms. The fraction of sp³-hybridized carbons (Fsp3) is 0.697. The highest BCUT2D eigenvalue weighted by atomic mass is 32.2. The summed E-state index contributed by atoms with van der Waals surface area (Å²) in [6, 6.07) is 10.7. The standard InChI is InChI=1S/C33H50N2O4S2/c1-32(2,3)40(36)34-30(26-15-16-26)28-19-14-25(23-39-28)21-33(4,5)41(37)35(22-24-11-7-6-8-12-24)31(27-17-18-27)29-13-9-10-20-38-29/h6-8,10-12,20,23,26-31,34H,9,13-19,21-22H2,1-5H3. The fourth-order valence-corrected chi connectivity index (χ4v) is 8.88. The number of hydrogen-bond acceptors (Lipinski definition) is 6. The van der Waals surface area contributed by atoms with Gasteiger partial charge in [0.05, 0.1) is 31.2 Å². The zero-order chi connectivity index (χ0) is 29.2. The summed E-state index contributed by atoms with van der Waals surface area (Å²) in [5.74, 6) is 1.06. The Kier molecular flexibility index (Phi) is 10.1. The summed E-state index contributed by atoms with van der Waals surface area (Å²) in [6.45, 7) is 11.0. The molecule has 6 atom stereocenters. The molecule has 2 heterocycles. The van der Waals surface area contributed by atoms with Crippen molar-refractivity contribution in [1.29, 1.82) is 0 Å². The van der Waals surface area contributed by atoms with Gasteiger partial charge in [-0.25, -0.2) is 0 Å². The molecule has 8 heteroatoms. The van der Waals surface area contributed by atoms with E-state index < -0.39 is 27.5 Å². The van der Waals surface area contributed by atoms with Crippen LogP contribution in [-0.4, -0.2) is 47.2 Å². The smallest absolute Gasteiger partial charge is 0.143 e. The molecule has 1 aromatic carbocycles. The minimum absolute atomic E-state index is 0.0245. The van der Waals surface area contributed by atoms with Gasteiger partial charge in [-0.05, 0) is 115 Å². The molecule has 2 fully saturated rings. The van der Waals surface area contributed by atoms with Crippen LogP contribution in [-0.2, 0) is 38.7 Å². The van der Waals surface area contributed by atoms with Crippen molar-refractivity contribution >= 4 is 22.7 Å². The van der Waals surface area contributed by atoms with E-state index in [2.05, 4.69) is 53.2 Å². The lowest BCUT2D eigenvalue weighted by Gasteiger charge is -2.42. The summed E-state index contributed by atoms with van der Waals surface area (Å²) >= 11 is -2.35. The summed E-state index contributed by atoms with van der Waals surface area (Å²) in [5.41, 5.74) is 2.40. The van der Waals surface area contributed by atoms with Crippen molar-refractivity contribution in [3.8, 4) is 0 Å². The number of allylic oxidation sites excluding steroid dienone is 2. The van der Waals surface area contributed by atoms with Gasteiger partial charge in [-0.3, -0.25) is 0 Å². The molecular weight excluding hydrogens is 553 g/mol. The molecule has 1 aromatic rings. The molecule has 0 saturated heterocycles. The van der Waals surface area contributed by atoms with Gasteiger partial charge in [0.15, 0.2) is 0 Å².